The van der Waals surface area contributed by atoms with Crippen molar-refractivity contribution >= 4 is 16.3 Å². The molecule has 0 aromatic heterocycles. The van der Waals surface area contributed by atoms with Crippen LogP contribution in [0.2, 0.25) is 0 Å². The van der Waals surface area contributed by atoms with Crippen LogP contribution < -0.4 is 4.74 Å². The lowest BCUT2D eigenvalue weighted by Gasteiger charge is -2.36. The predicted molar refractivity (Wildman–Crippen MR) is 109 cm³/mol. The maximum atomic E-state index is 11.6. The topological polar surface area (TPSA) is 104 Å². The number of hydrogen-bond donors (Lipinski definition) is 2. The van der Waals surface area contributed by atoms with E-state index in [9.17, 15) is 13.5 Å². The van der Waals surface area contributed by atoms with E-state index in [0.717, 1.165) is 29.8 Å². The van der Waals surface area contributed by atoms with Crippen molar-refractivity contribution in [3.63, 3.8) is 0 Å². The van der Waals surface area contributed by atoms with Crippen LogP contribution in [-0.2, 0) is 14.6 Å². The molecule has 2 aliphatic heterocycles. The van der Waals surface area contributed by atoms with Gasteiger partial charge in [-0.3, -0.25) is 9.69 Å². The van der Waals surface area contributed by atoms with Crippen LogP contribution >= 0.6 is 0 Å². The van der Waals surface area contributed by atoms with E-state index in [4.69, 9.17) is 14.6 Å². The quantitative estimate of drug-likeness (QED) is 0.736. The summed E-state index contributed by atoms with van der Waals surface area (Å²) in [6.07, 6.45) is 3.02. The average molecular weight is 419 g/mol. The smallest absolute Gasteiger partial charge is 0.290 e. The van der Waals surface area contributed by atoms with E-state index in [-0.39, 0.29) is 12.5 Å². The van der Waals surface area contributed by atoms with Crippen molar-refractivity contribution in [1.29, 1.82) is 0 Å². The summed E-state index contributed by atoms with van der Waals surface area (Å²) in [5.74, 6) is 0.706. The number of sulfone groups is 1. The Morgan fingerprint density at radius 3 is 2.24 bits per heavy atom. The van der Waals surface area contributed by atoms with Crippen LogP contribution in [0.3, 0.4) is 0 Å². The highest BCUT2D eigenvalue weighted by Crippen LogP contribution is 2.38. The van der Waals surface area contributed by atoms with E-state index < -0.39 is 15.9 Å². The van der Waals surface area contributed by atoms with Crippen LogP contribution in [0.1, 0.15) is 24.5 Å². The van der Waals surface area contributed by atoms with E-state index >= 15 is 0 Å². The molecule has 29 heavy (non-hydrogen) atoms. The molecule has 0 amide bonds. The van der Waals surface area contributed by atoms with Crippen LogP contribution in [-0.4, -0.2) is 62.0 Å². The minimum Gasteiger partial charge on any atom is -0.491 e. The first-order valence-electron chi connectivity index (χ1n) is 9.42. The number of benzene rings is 2. The normalized spacial score (nSPS) is 21.4. The fourth-order valence-corrected chi connectivity index (χ4v) is 4.46. The van der Waals surface area contributed by atoms with Gasteiger partial charge in [-0.1, -0.05) is 24.3 Å². The lowest BCUT2D eigenvalue weighted by atomic mass is 9.95. The van der Waals surface area contributed by atoms with Gasteiger partial charge in [-0.25, -0.2) is 8.42 Å². The van der Waals surface area contributed by atoms with E-state index in [1.165, 1.54) is 19.1 Å². The second-order valence-corrected chi connectivity index (χ2v) is 9.24. The molecule has 0 saturated carbocycles. The predicted octanol–water partition coefficient (Wildman–Crippen LogP) is 2.35. The number of carboxylic acid groups (broad SMARTS) is 1. The second-order valence-electron chi connectivity index (χ2n) is 7.22. The molecule has 4 rings (SSSR count). The summed E-state index contributed by atoms with van der Waals surface area (Å²) in [7, 11) is -3.20. The Morgan fingerprint density at radius 1 is 1.07 bits per heavy atom. The molecule has 2 atom stereocenters. The van der Waals surface area contributed by atoms with Crippen LogP contribution in [0.25, 0.3) is 11.1 Å². The number of aliphatic hydroxyl groups is 1. The van der Waals surface area contributed by atoms with Gasteiger partial charge < -0.3 is 14.9 Å². The zero-order chi connectivity index (χ0) is 21.0. The van der Waals surface area contributed by atoms with Crippen molar-refractivity contribution in [2.75, 3.05) is 26.0 Å². The molecule has 7 nitrogen and oxygen atoms in total. The molecular weight excluding hydrogens is 394 g/mol. The molecular formula is C21H25NO6S. The van der Waals surface area contributed by atoms with Gasteiger partial charge in [-0.15, -0.1) is 0 Å². The summed E-state index contributed by atoms with van der Waals surface area (Å²) in [6.45, 7) is 2.28. The Labute approximate surface area is 170 Å². The highest BCUT2D eigenvalue weighted by Gasteiger charge is 2.34. The minimum absolute atomic E-state index is 0.0184. The molecule has 2 aliphatic rings. The van der Waals surface area contributed by atoms with Gasteiger partial charge in [0.25, 0.3) is 6.47 Å². The highest BCUT2D eigenvalue weighted by atomic mass is 32.2. The third kappa shape index (κ3) is 4.77. The lowest BCUT2D eigenvalue weighted by molar-refractivity contribution is -0.122. The monoisotopic (exact) mass is 419 g/mol. The van der Waals surface area contributed by atoms with Crippen molar-refractivity contribution in [1.82, 2.24) is 4.90 Å². The molecule has 0 bridgehead atoms. The van der Waals surface area contributed by atoms with Gasteiger partial charge in [0.2, 0.25) is 0 Å². The molecule has 1 saturated heterocycles. The number of hydrogen-bond acceptors (Lipinski definition) is 6. The largest absolute Gasteiger partial charge is 0.491 e. The number of nitrogens with zero attached hydrogens (tertiary/aromatic N) is 1. The number of fused-ring (bicyclic) bond motifs is 1. The zero-order valence-electron chi connectivity index (χ0n) is 16.2. The summed E-state index contributed by atoms with van der Waals surface area (Å²) in [4.78, 5) is 11.0. The molecule has 0 radical (unpaired) electrons. The number of likely N-dealkylation sites (tertiary alicyclic amines) is 1. The summed E-state index contributed by atoms with van der Waals surface area (Å²) in [5, 5.41) is 17.7. The lowest BCUT2D eigenvalue weighted by Crippen LogP contribution is -2.44. The van der Waals surface area contributed by atoms with Crippen molar-refractivity contribution < 1.29 is 28.2 Å². The minimum atomic E-state index is -3.20. The Bertz CT molecular complexity index is 952. The van der Waals surface area contributed by atoms with Crippen LogP contribution in [0.5, 0.6) is 5.75 Å². The summed E-state index contributed by atoms with van der Waals surface area (Å²) in [5.41, 5.74) is 2.68. The molecule has 1 fully saturated rings. The van der Waals surface area contributed by atoms with Gasteiger partial charge in [0.1, 0.15) is 18.5 Å². The van der Waals surface area contributed by atoms with E-state index in [1.807, 2.05) is 18.2 Å². The van der Waals surface area contributed by atoms with Crippen molar-refractivity contribution in [3.8, 4) is 16.9 Å². The van der Waals surface area contributed by atoms with E-state index in [2.05, 4.69) is 4.90 Å². The average Bonchev–Trinajstić information content (AvgIpc) is 3.22. The Kier molecular flexibility index (Phi) is 6.56. The van der Waals surface area contributed by atoms with Crippen LogP contribution in [0.15, 0.2) is 47.4 Å². The molecule has 2 aromatic carbocycles. The molecule has 2 N–H and O–H groups in total. The van der Waals surface area contributed by atoms with Crippen LogP contribution in [0.4, 0.5) is 0 Å². The summed E-state index contributed by atoms with van der Waals surface area (Å²) in [6, 6.07) is 12.6. The highest BCUT2D eigenvalue weighted by molar-refractivity contribution is 7.90. The summed E-state index contributed by atoms with van der Waals surface area (Å²) < 4.78 is 29.2. The number of aliphatic hydroxyl groups excluding tert-OH is 1. The molecule has 8 heteroatoms. The molecule has 0 spiro atoms. The van der Waals surface area contributed by atoms with Gasteiger partial charge in [0.05, 0.1) is 10.9 Å². The first kappa shape index (κ1) is 21.3. The number of carbonyl (C=O) groups is 1. The van der Waals surface area contributed by atoms with E-state index in [0.29, 0.717) is 17.3 Å². The molecule has 0 aliphatic carbocycles. The van der Waals surface area contributed by atoms with Gasteiger partial charge in [-0.05, 0) is 55.3 Å². The van der Waals surface area contributed by atoms with Gasteiger partial charge in [-0.2, -0.15) is 0 Å². The first-order chi connectivity index (χ1) is 13.8. The molecule has 0 unspecified atom stereocenters. The summed E-state index contributed by atoms with van der Waals surface area (Å²) >= 11 is 0. The molecule has 2 heterocycles. The Hall–Kier alpha value is -2.42. The SMILES string of the molecule is CS(=O)(=O)c1ccc(-c2ccc3c(c2)OC[C@@H](N2CCCC2)[C@@H]3O)cc1.O=CO. The van der Waals surface area contributed by atoms with Gasteiger partial charge in [0, 0.05) is 11.8 Å². The first-order valence-corrected chi connectivity index (χ1v) is 11.3. The van der Waals surface area contributed by atoms with Gasteiger partial charge >= 0.3 is 0 Å². The van der Waals surface area contributed by atoms with Crippen molar-refractivity contribution in [2.45, 2.75) is 29.9 Å². The molecule has 156 valence electrons. The third-order valence-electron chi connectivity index (χ3n) is 5.33. The van der Waals surface area contributed by atoms with Crippen molar-refractivity contribution in [2.24, 2.45) is 0 Å². The molecule has 2 aromatic rings. The third-order valence-corrected chi connectivity index (χ3v) is 6.46. The zero-order valence-corrected chi connectivity index (χ0v) is 17.0. The maximum absolute atomic E-state index is 11.6. The maximum Gasteiger partial charge on any atom is 0.290 e. The number of rotatable bonds is 3. The Morgan fingerprint density at radius 2 is 1.66 bits per heavy atom. The fourth-order valence-electron chi connectivity index (χ4n) is 3.83. The van der Waals surface area contributed by atoms with Crippen molar-refractivity contribution in [3.05, 3.63) is 48.0 Å². The Balaban J connectivity index is 0.000000755. The van der Waals surface area contributed by atoms with E-state index in [1.54, 1.807) is 24.3 Å². The second kappa shape index (κ2) is 8.94. The van der Waals surface area contributed by atoms with Gasteiger partial charge in [0.15, 0.2) is 9.84 Å². The number of ether oxygens (including phenoxy) is 1. The fraction of sp³-hybridized carbons (Fsp3) is 0.381. The standard InChI is InChI=1S/C20H23NO4S.CH2O2/c1-26(23,24)16-7-4-14(5-8-16)15-6-9-17-19(12-15)25-13-18(20(17)22)21-10-2-3-11-21;2-1-3/h4-9,12,18,20,22H,2-3,10-11,13H2,1H3;1H,(H,2,3)/t18-,20-;/m1./s1. The van der Waals surface area contributed by atoms with Crippen LogP contribution in [0, 0.1) is 0 Å².